The molecule has 1 aliphatic carbocycles. The van der Waals surface area contributed by atoms with Gasteiger partial charge in [-0.25, -0.2) is 4.79 Å². The zero-order valence-corrected chi connectivity index (χ0v) is 11.5. The molecule has 0 bridgehead atoms. The van der Waals surface area contributed by atoms with Crippen LogP contribution in [0.2, 0.25) is 5.02 Å². The topological polar surface area (TPSA) is 38.3 Å². The molecule has 0 spiro atoms. The van der Waals surface area contributed by atoms with Gasteiger partial charge in [-0.3, -0.25) is 5.32 Å². The molecule has 0 aromatic heterocycles. The molecule has 98 valence electrons. The highest BCUT2D eigenvalue weighted by atomic mass is 35.5. The lowest BCUT2D eigenvalue weighted by Crippen LogP contribution is -2.48. The van der Waals surface area contributed by atoms with Crippen molar-refractivity contribution in [3.63, 3.8) is 0 Å². The van der Waals surface area contributed by atoms with Crippen LogP contribution >= 0.6 is 11.6 Å². The van der Waals surface area contributed by atoms with Gasteiger partial charge in [-0.15, -0.1) is 0 Å². The number of hydrogen-bond donors (Lipinski definition) is 1. The number of ether oxygens (including phenoxy) is 1. The summed E-state index contributed by atoms with van der Waals surface area (Å²) < 4.78 is 5.19. The van der Waals surface area contributed by atoms with Crippen LogP contribution < -0.4 is 5.32 Å². The van der Waals surface area contributed by atoms with Gasteiger partial charge in [0.1, 0.15) is 5.54 Å². The molecule has 4 heteroatoms. The van der Waals surface area contributed by atoms with E-state index in [1.807, 2.05) is 32.0 Å². The van der Waals surface area contributed by atoms with Crippen molar-refractivity contribution in [2.75, 3.05) is 6.61 Å². The van der Waals surface area contributed by atoms with E-state index in [-0.39, 0.29) is 5.97 Å². The van der Waals surface area contributed by atoms with Crippen LogP contribution in [0.1, 0.15) is 32.3 Å². The summed E-state index contributed by atoms with van der Waals surface area (Å²) in [5.41, 5.74) is 0.0302. The third-order valence-corrected chi connectivity index (χ3v) is 3.39. The zero-order chi connectivity index (χ0) is 13.2. The van der Waals surface area contributed by atoms with E-state index in [9.17, 15) is 4.79 Å². The Kier molecular flexibility index (Phi) is 3.93. The average Bonchev–Trinajstić information content (AvgIpc) is 3.13. The van der Waals surface area contributed by atoms with Gasteiger partial charge >= 0.3 is 5.97 Å². The summed E-state index contributed by atoms with van der Waals surface area (Å²) in [6, 6.07) is 7.77. The fourth-order valence-electron chi connectivity index (χ4n) is 1.97. The highest BCUT2D eigenvalue weighted by molar-refractivity contribution is 6.30. The van der Waals surface area contributed by atoms with E-state index in [1.165, 1.54) is 0 Å². The molecule has 1 aliphatic rings. The summed E-state index contributed by atoms with van der Waals surface area (Å²) in [5, 5.41) is 3.99. The predicted octanol–water partition coefficient (Wildman–Crippen LogP) is 2.87. The third kappa shape index (κ3) is 2.85. The van der Waals surface area contributed by atoms with Gasteiger partial charge in [-0.1, -0.05) is 23.7 Å². The second-order valence-corrected chi connectivity index (χ2v) is 5.21. The van der Waals surface area contributed by atoms with Crippen molar-refractivity contribution < 1.29 is 9.53 Å². The number of halogens is 1. The fraction of sp³-hybridized carbons (Fsp3) is 0.500. The van der Waals surface area contributed by atoms with E-state index in [2.05, 4.69) is 5.32 Å². The van der Waals surface area contributed by atoms with Crippen LogP contribution in [0.5, 0.6) is 0 Å². The van der Waals surface area contributed by atoms with Crippen LogP contribution in [-0.2, 0) is 15.1 Å². The summed E-state index contributed by atoms with van der Waals surface area (Å²) in [6.07, 6.45) is 2.21. The molecular weight excluding hydrogens is 250 g/mol. The summed E-state index contributed by atoms with van der Waals surface area (Å²) in [7, 11) is 0. The van der Waals surface area contributed by atoms with E-state index in [4.69, 9.17) is 16.3 Å². The SMILES string of the molecule is CCOC(=O)C(C)(NC1CC1)c1cccc(Cl)c1. The van der Waals surface area contributed by atoms with Gasteiger partial charge in [-0.05, 0) is 44.4 Å². The lowest BCUT2D eigenvalue weighted by atomic mass is 9.92. The van der Waals surface area contributed by atoms with Crippen LogP contribution in [0.25, 0.3) is 0 Å². The Morgan fingerprint density at radius 3 is 2.83 bits per heavy atom. The molecule has 0 heterocycles. The Hall–Kier alpha value is -1.06. The highest BCUT2D eigenvalue weighted by Crippen LogP contribution is 2.30. The quantitative estimate of drug-likeness (QED) is 0.834. The molecule has 0 aliphatic heterocycles. The van der Waals surface area contributed by atoms with Gasteiger partial charge in [0.15, 0.2) is 0 Å². The standard InChI is InChI=1S/C14H18ClNO2/c1-3-18-13(17)14(2,16-12-7-8-12)10-5-4-6-11(15)9-10/h4-6,9,12,16H,3,7-8H2,1-2H3. The second-order valence-electron chi connectivity index (χ2n) is 4.77. The van der Waals surface area contributed by atoms with Crippen molar-refractivity contribution in [2.24, 2.45) is 0 Å². The predicted molar refractivity (Wildman–Crippen MR) is 71.6 cm³/mol. The van der Waals surface area contributed by atoms with Gasteiger partial charge in [0.25, 0.3) is 0 Å². The first-order chi connectivity index (χ1) is 8.56. The first kappa shape index (κ1) is 13.4. The van der Waals surface area contributed by atoms with Gasteiger partial charge in [0, 0.05) is 11.1 Å². The maximum absolute atomic E-state index is 12.2. The largest absolute Gasteiger partial charge is 0.464 e. The van der Waals surface area contributed by atoms with Crippen LogP contribution in [-0.4, -0.2) is 18.6 Å². The van der Waals surface area contributed by atoms with E-state index < -0.39 is 5.54 Å². The maximum atomic E-state index is 12.2. The number of carbonyl (C=O) groups is 1. The molecule has 3 nitrogen and oxygen atoms in total. The Labute approximate surface area is 112 Å². The minimum Gasteiger partial charge on any atom is -0.464 e. The van der Waals surface area contributed by atoms with Gasteiger partial charge in [-0.2, -0.15) is 0 Å². The van der Waals surface area contributed by atoms with Crippen LogP contribution in [0.15, 0.2) is 24.3 Å². The summed E-state index contributed by atoms with van der Waals surface area (Å²) >= 11 is 6.00. The molecule has 1 saturated carbocycles. The monoisotopic (exact) mass is 267 g/mol. The molecule has 1 aromatic rings. The van der Waals surface area contributed by atoms with Gasteiger partial charge < -0.3 is 4.74 Å². The van der Waals surface area contributed by atoms with E-state index in [1.54, 1.807) is 6.07 Å². The van der Waals surface area contributed by atoms with E-state index >= 15 is 0 Å². The number of carbonyl (C=O) groups excluding carboxylic acids is 1. The average molecular weight is 268 g/mol. The highest BCUT2D eigenvalue weighted by Gasteiger charge is 2.41. The number of benzene rings is 1. The molecule has 1 unspecified atom stereocenters. The molecule has 1 N–H and O–H groups in total. The molecular formula is C14H18ClNO2. The third-order valence-electron chi connectivity index (χ3n) is 3.16. The molecule has 2 rings (SSSR count). The van der Waals surface area contributed by atoms with Crippen molar-refractivity contribution in [1.29, 1.82) is 0 Å². The number of rotatable bonds is 5. The minimum absolute atomic E-state index is 0.251. The van der Waals surface area contributed by atoms with Crippen molar-refractivity contribution in [3.05, 3.63) is 34.9 Å². The van der Waals surface area contributed by atoms with Crippen LogP contribution in [0.3, 0.4) is 0 Å². The van der Waals surface area contributed by atoms with E-state index in [0.29, 0.717) is 17.7 Å². The molecule has 1 atom stereocenters. The molecule has 0 saturated heterocycles. The van der Waals surface area contributed by atoms with Crippen molar-refractivity contribution in [1.82, 2.24) is 5.32 Å². The second kappa shape index (κ2) is 5.29. The lowest BCUT2D eigenvalue weighted by Gasteiger charge is -2.29. The van der Waals surface area contributed by atoms with Crippen LogP contribution in [0, 0.1) is 0 Å². The lowest BCUT2D eigenvalue weighted by molar-refractivity contribution is -0.151. The molecule has 0 radical (unpaired) electrons. The van der Waals surface area contributed by atoms with Crippen molar-refractivity contribution >= 4 is 17.6 Å². The zero-order valence-electron chi connectivity index (χ0n) is 10.7. The summed E-state index contributed by atoms with van der Waals surface area (Å²) in [4.78, 5) is 12.2. The van der Waals surface area contributed by atoms with Crippen molar-refractivity contribution in [2.45, 2.75) is 38.3 Å². The number of nitrogens with one attached hydrogen (secondary N) is 1. The molecule has 0 amide bonds. The Bertz CT molecular complexity index is 445. The Morgan fingerprint density at radius 2 is 2.28 bits per heavy atom. The summed E-state index contributed by atoms with van der Waals surface area (Å²) in [5.74, 6) is -0.251. The molecule has 1 fully saturated rings. The maximum Gasteiger partial charge on any atom is 0.330 e. The van der Waals surface area contributed by atoms with Gasteiger partial charge in [0.05, 0.1) is 6.61 Å². The number of hydrogen-bond acceptors (Lipinski definition) is 3. The first-order valence-electron chi connectivity index (χ1n) is 6.27. The Balaban J connectivity index is 2.30. The fourth-order valence-corrected chi connectivity index (χ4v) is 2.16. The smallest absolute Gasteiger partial charge is 0.330 e. The van der Waals surface area contributed by atoms with Crippen LogP contribution in [0.4, 0.5) is 0 Å². The molecule has 18 heavy (non-hydrogen) atoms. The van der Waals surface area contributed by atoms with E-state index in [0.717, 1.165) is 18.4 Å². The number of esters is 1. The Morgan fingerprint density at radius 1 is 1.56 bits per heavy atom. The van der Waals surface area contributed by atoms with Crippen molar-refractivity contribution in [3.8, 4) is 0 Å². The minimum atomic E-state index is -0.817. The van der Waals surface area contributed by atoms with Gasteiger partial charge in [0.2, 0.25) is 0 Å². The first-order valence-corrected chi connectivity index (χ1v) is 6.65. The normalized spacial score (nSPS) is 18.2. The summed E-state index contributed by atoms with van der Waals surface area (Å²) in [6.45, 7) is 4.05. The molecule has 1 aromatic carbocycles.